The van der Waals surface area contributed by atoms with Crippen LogP contribution >= 0.6 is 11.6 Å². The number of carbonyl (C=O) groups excluding carboxylic acids is 1. The Bertz CT molecular complexity index is 1540. The van der Waals surface area contributed by atoms with Gasteiger partial charge in [-0.2, -0.15) is 10.2 Å². The molecule has 42 heavy (non-hydrogen) atoms. The van der Waals surface area contributed by atoms with E-state index >= 15 is 0 Å². The van der Waals surface area contributed by atoms with Crippen LogP contribution in [0.2, 0.25) is 0 Å². The molecule has 5 unspecified atom stereocenters. The first-order chi connectivity index (χ1) is 19.9. The van der Waals surface area contributed by atoms with Crippen molar-refractivity contribution in [3.05, 3.63) is 48.3 Å². The van der Waals surface area contributed by atoms with Gasteiger partial charge in [0, 0.05) is 70.8 Å². The Morgan fingerprint density at radius 2 is 2.05 bits per heavy atom. The summed E-state index contributed by atoms with van der Waals surface area (Å²) in [7, 11) is 0. The molecule has 9 nitrogen and oxygen atoms in total. The van der Waals surface area contributed by atoms with Gasteiger partial charge in [-0.25, -0.2) is 0 Å². The maximum Gasteiger partial charge on any atom is 0.245 e. The van der Waals surface area contributed by atoms with Crippen LogP contribution in [0.4, 0.5) is 0 Å². The molecule has 2 aromatic heterocycles. The lowest BCUT2D eigenvalue weighted by Gasteiger charge is -2.58. The number of alkyl halides is 1. The van der Waals surface area contributed by atoms with E-state index in [1.807, 2.05) is 15.8 Å². The van der Waals surface area contributed by atoms with Crippen molar-refractivity contribution in [3.8, 4) is 11.3 Å². The first-order valence-electron chi connectivity index (χ1n) is 15.3. The minimum absolute atomic E-state index is 0.0131. The molecule has 2 saturated carbocycles. The standard InChI is InChI=1S/C32H42ClN7O2/c1-6-26(41)38-16-32(17-38)11-22(12-32)40-19(3)27(28-23-13-34-35-25(23)9-18(2)29(28)33)30(37-40)20-7-8-24-21(10-20)14-39(36-24)15-31(4,5)42/h6-8,10,14,18,22-23,25,28-29,34-35,42H,1,9,11-13,15-17H2,2-5H3. The molecule has 2 saturated heterocycles. The third-order valence-electron chi connectivity index (χ3n) is 10.2. The monoisotopic (exact) mass is 591 g/mol. The van der Waals surface area contributed by atoms with Gasteiger partial charge in [-0.3, -0.25) is 25.0 Å². The van der Waals surface area contributed by atoms with Crippen LogP contribution in [0.15, 0.2) is 37.1 Å². The molecule has 1 amide bonds. The van der Waals surface area contributed by atoms with Crippen molar-refractivity contribution in [2.75, 3.05) is 19.6 Å². The number of aromatic nitrogens is 4. The fraction of sp³-hybridized carbons (Fsp3) is 0.594. The van der Waals surface area contributed by atoms with Crippen molar-refractivity contribution in [1.29, 1.82) is 0 Å². The molecule has 224 valence electrons. The molecule has 4 aliphatic rings. The molecule has 5 atom stereocenters. The molecule has 10 heteroatoms. The minimum Gasteiger partial charge on any atom is -0.389 e. The van der Waals surface area contributed by atoms with Crippen LogP contribution in [0.5, 0.6) is 0 Å². The van der Waals surface area contributed by atoms with Crippen LogP contribution in [0, 0.1) is 24.2 Å². The summed E-state index contributed by atoms with van der Waals surface area (Å²) in [6.07, 6.45) is 6.54. The number of hydrogen-bond donors (Lipinski definition) is 3. The molecule has 4 heterocycles. The van der Waals surface area contributed by atoms with Crippen molar-refractivity contribution >= 4 is 28.4 Å². The first-order valence-corrected chi connectivity index (χ1v) is 15.7. The van der Waals surface area contributed by atoms with Crippen LogP contribution in [0.25, 0.3) is 22.2 Å². The summed E-state index contributed by atoms with van der Waals surface area (Å²) in [4.78, 5) is 14.0. The third-order valence-corrected chi connectivity index (χ3v) is 10.9. The lowest BCUT2D eigenvalue weighted by Crippen LogP contribution is -2.63. The van der Waals surface area contributed by atoms with Crippen molar-refractivity contribution in [2.24, 2.45) is 17.3 Å². The average Bonchev–Trinajstić information content (AvgIpc) is 3.59. The summed E-state index contributed by atoms with van der Waals surface area (Å²) < 4.78 is 4.09. The summed E-state index contributed by atoms with van der Waals surface area (Å²) in [5, 5.41) is 21.5. The Balaban J connectivity index is 1.27. The topological polar surface area (TPSA) is 100 Å². The number of aliphatic hydroxyl groups is 1. The van der Waals surface area contributed by atoms with Crippen molar-refractivity contribution in [2.45, 2.75) is 82.5 Å². The minimum atomic E-state index is -0.850. The zero-order valence-electron chi connectivity index (χ0n) is 25.0. The van der Waals surface area contributed by atoms with Gasteiger partial charge in [-0.15, -0.1) is 11.6 Å². The summed E-state index contributed by atoms with van der Waals surface area (Å²) >= 11 is 7.32. The fourth-order valence-electron chi connectivity index (χ4n) is 8.28. The highest BCUT2D eigenvalue weighted by atomic mass is 35.5. The number of fused-ring (bicyclic) bond motifs is 2. The zero-order chi connectivity index (χ0) is 29.6. The first kappa shape index (κ1) is 28.1. The second-order valence-corrected chi connectivity index (χ2v) is 14.6. The Morgan fingerprint density at radius 3 is 2.76 bits per heavy atom. The molecule has 4 fully saturated rings. The highest BCUT2D eigenvalue weighted by Crippen LogP contribution is 2.56. The van der Waals surface area contributed by atoms with Gasteiger partial charge in [-0.05, 0) is 70.1 Å². The molecular weight excluding hydrogens is 550 g/mol. The number of halogens is 1. The van der Waals surface area contributed by atoms with Crippen molar-refractivity contribution in [1.82, 2.24) is 35.3 Å². The van der Waals surface area contributed by atoms with E-state index in [1.54, 1.807) is 13.8 Å². The Labute approximate surface area is 252 Å². The smallest absolute Gasteiger partial charge is 0.245 e. The largest absolute Gasteiger partial charge is 0.389 e. The molecule has 1 aromatic carbocycles. The van der Waals surface area contributed by atoms with Gasteiger partial charge in [0.2, 0.25) is 5.91 Å². The maximum absolute atomic E-state index is 12.1. The van der Waals surface area contributed by atoms with Gasteiger partial charge in [0.15, 0.2) is 0 Å². The predicted molar refractivity (Wildman–Crippen MR) is 164 cm³/mol. The van der Waals surface area contributed by atoms with Gasteiger partial charge >= 0.3 is 0 Å². The predicted octanol–water partition coefficient (Wildman–Crippen LogP) is 4.15. The van der Waals surface area contributed by atoms with Gasteiger partial charge in [0.1, 0.15) is 0 Å². The van der Waals surface area contributed by atoms with Gasteiger partial charge in [-0.1, -0.05) is 19.6 Å². The van der Waals surface area contributed by atoms with E-state index in [9.17, 15) is 9.90 Å². The van der Waals surface area contributed by atoms with Crippen LogP contribution in [-0.4, -0.2) is 72.1 Å². The average molecular weight is 592 g/mol. The number of amides is 1. The van der Waals surface area contributed by atoms with E-state index in [-0.39, 0.29) is 22.6 Å². The summed E-state index contributed by atoms with van der Waals surface area (Å²) in [6, 6.07) is 7.06. The molecule has 0 radical (unpaired) electrons. The van der Waals surface area contributed by atoms with Gasteiger partial charge in [0.05, 0.1) is 29.4 Å². The van der Waals surface area contributed by atoms with Gasteiger partial charge in [0.25, 0.3) is 0 Å². The fourth-order valence-corrected chi connectivity index (χ4v) is 8.70. The second-order valence-electron chi connectivity index (χ2n) is 14.1. The molecule has 3 aromatic rings. The van der Waals surface area contributed by atoms with Crippen molar-refractivity contribution in [3.63, 3.8) is 0 Å². The highest BCUT2D eigenvalue weighted by molar-refractivity contribution is 6.21. The molecule has 0 bridgehead atoms. The van der Waals surface area contributed by atoms with E-state index in [0.717, 1.165) is 61.1 Å². The number of hydrazine groups is 1. The second kappa shape index (κ2) is 9.91. The van der Waals surface area contributed by atoms with Crippen LogP contribution in [0.1, 0.15) is 63.3 Å². The molecular formula is C32H42ClN7O2. The summed E-state index contributed by atoms with van der Waals surface area (Å²) in [6.45, 7) is 14.7. The number of nitrogens with one attached hydrogen (secondary N) is 2. The number of nitrogens with zero attached hydrogens (tertiary/aromatic N) is 5. The van der Waals surface area contributed by atoms with E-state index in [1.165, 1.54) is 17.3 Å². The van der Waals surface area contributed by atoms with Crippen LogP contribution < -0.4 is 10.9 Å². The quantitative estimate of drug-likeness (QED) is 0.294. The normalized spacial score (nSPS) is 29.0. The van der Waals surface area contributed by atoms with E-state index < -0.39 is 5.60 Å². The molecule has 2 aliphatic heterocycles. The molecule has 2 aliphatic carbocycles. The summed E-state index contributed by atoms with van der Waals surface area (Å²) in [5.41, 5.74) is 11.7. The van der Waals surface area contributed by atoms with E-state index in [4.69, 9.17) is 21.8 Å². The van der Waals surface area contributed by atoms with E-state index in [2.05, 4.69) is 54.2 Å². The highest BCUT2D eigenvalue weighted by Gasteiger charge is 2.55. The number of rotatable bonds is 6. The zero-order valence-corrected chi connectivity index (χ0v) is 25.7. The Hall–Kier alpha value is -2.72. The van der Waals surface area contributed by atoms with Gasteiger partial charge < -0.3 is 10.0 Å². The number of hydrogen-bond acceptors (Lipinski definition) is 6. The lowest BCUT2D eigenvalue weighted by atomic mass is 9.60. The van der Waals surface area contributed by atoms with Crippen LogP contribution in [-0.2, 0) is 11.3 Å². The molecule has 7 rings (SSSR count). The third kappa shape index (κ3) is 4.60. The Morgan fingerprint density at radius 1 is 1.29 bits per heavy atom. The van der Waals surface area contributed by atoms with Crippen molar-refractivity contribution < 1.29 is 9.90 Å². The number of benzene rings is 1. The number of likely N-dealkylation sites (tertiary alicyclic amines) is 1. The molecule has 3 N–H and O–H groups in total. The van der Waals surface area contributed by atoms with E-state index in [0.29, 0.717) is 30.5 Å². The number of carbonyl (C=O) groups is 1. The summed E-state index contributed by atoms with van der Waals surface area (Å²) in [5.74, 6) is 0.950. The Kier molecular flexibility index (Phi) is 6.62. The van der Waals surface area contributed by atoms with Crippen LogP contribution in [0.3, 0.4) is 0 Å². The SMILES string of the molecule is C=CC(=O)N1CC2(CC(n3nc(-c4ccc5nn(CC(C)(C)O)cc5c4)c(C4C(Cl)C(C)CC5NNCC54)c3C)C2)C1. The maximum atomic E-state index is 12.1. The molecule has 1 spiro atoms. The lowest BCUT2D eigenvalue weighted by molar-refractivity contribution is -0.149.